The molecule has 1 amide bonds. The Bertz CT molecular complexity index is 575. The molecule has 1 aromatic carbocycles. The van der Waals surface area contributed by atoms with Gasteiger partial charge in [0.1, 0.15) is 0 Å². The van der Waals surface area contributed by atoms with Crippen LogP contribution in [0.3, 0.4) is 0 Å². The summed E-state index contributed by atoms with van der Waals surface area (Å²) in [5.41, 5.74) is 3.37. The zero-order valence-corrected chi connectivity index (χ0v) is 14.0. The number of nitrogens with zero attached hydrogens (tertiary/aromatic N) is 1. The van der Waals surface area contributed by atoms with Crippen molar-refractivity contribution in [1.29, 1.82) is 0 Å². The first-order valence-electron chi connectivity index (χ1n) is 8.21. The monoisotopic (exact) mass is 315 g/mol. The van der Waals surface area contributed by atoms with E-state index in [1.54, 1.807) is 0 Å². The summed E-state index contributed by atoms with van der Waals surface area (Å²) in [5, 5.41) is 0. The van der Waals surface area contributed by atoms with Crippen LogP contribution in [0.5, 0.6) is 0 Å². The highest BCUT2D eigenvalue weighted by molar-refractivity contribution is 5.96. The minimum Gasteiger partial charge on any atom is -0.469 e. The van der Waals surface area contributed by atoms with Crippen molar-refractivity contribution >= 4 is 11.9 Å². The number of hydrogen-bond donors (Lipinski definition) is 0. The Hall–Kier alpha value is -2.10. The number of amides is 1. The summed E-state index contributed by atoms with van der Waals surface area (Å²) >= 11 is 0. The number of rotatable bonds is 8. The van der Waals surface area contributed by atoms with E-state index in [0.717, 1.165) is 31.4 Å². The second-order valence-corrected chi connectivity index (χ2v) is 6.00. The van der Waals surface area contributed by atoms with Crippen molar-refractivity contribution in [2.75, 3.05) is 20.2 Å². The first-order valence-corrected chi connectivity index (χ1v) is 8.21. The van der Waals surface area contributed by atoms with E-state index in [0.29, 0.717) is 13.0 Å². The average molecular weight is 315 g/mol. The standard InChI is InChI=1S/C19H25NO3/c1-15-6-8-16(9-7-15)5-3-4-13-20-14-12-17(19(20)22)10-11-18(21)23-2/h6-9,12H,3-5,10-11,13-14H2,1-2H3. The topological polar surface area (TPSA) is 46.6 Å². The van der Waals surface area contributed by atoms with Gasteiger partial charge in [-0.1, -0.05) is 35.9 Å². The second kappa shape index (κ2) is 8.51. The molecule has 0 unspecified atom stereocenters. The van der Waals surface area contributed by atoms with Crippen molar-refractivity contribution < 1.29 is 14.3 Å². The van der Waals surface area contributed by atoms with Crippen LogP contribution in [0.2, 0.25) is 0 Å². The molecule has 0 saturated carbocycles. The molecule has 0 N–H and O–H groups in total. The van der Waals surface area contributed by atoms with Crippen LogP contribution in [0.15, 0.2) is 35.9 Å². The Morgan fingerprint density at radius 1 is 1.17 bits per heavy atom. The Kier molecular flexibility index (Phi) is 6.39. The van der Waals surface area contributed by atoms with Gasteiger partial charge < -0.3 is 9.64 Å². The Balaban J connectivity index is 1.66. The van der Waals surface area contributed by atoms with Crippen molar-refractivity contribution in [3.63, 3.8) is 0 Å². The highest BCUT2D eigenvalue weighted by Crippen LogP contribution is 2.17. The number of unbranched alkanes of at least 4 members (excludes halogenated alkanes) is 1. The maximum absolute atomic E-state index is 12.2. The molecule has 1 heterocycles. The molecule has 0 fully saturated rings. The molecule has 23 heavy (non-hydrogen) atoms. The summed E-state index contributed by atoms with van der Waals surface area (Å²) in [6, 6.07) is 8.61. The lowest BCUT2D eigenvalue weighted by Gasteiger charge is -2.16. The van der Waals surface area contributed by atoms with Crippen molar-refractivity contribution in [2.24, 2.45) is 0 Å². The first kappa shape index (κ1) is 17.3. The molecular formula is C19H25NO3. The third-order valence-corrected chi connectivity index (χ3v) is 4.21. The van der Waals surface area contributed by atoms with Gasteiger partial charge in [-0.15, -0.1) is 0 Å². The minimum absolute atomic E-state index is 0.0734. The van der Waals surface area contributed by atoms with Gasteiger partial charge in [-0.3, -0.25) is 9.59 Å². The number of esters is 1. The van der Waals surface area contributed by atoms with Crippen LogP contribution in [-0.2, 0) is 20.7 Å². The van der Waals surface area contributed by atoms with Crippen molar-refractivity contribution in [1.82, 2.24) is 4.90 Å². The highest BCUT2D eigenvalue weighted by atomic mass is 16.5. The maximum atomic E-state index is 12.2. The summed E-state index contributed by atoms with van der Waals surface area (Å²) in [6.45, 7) is 3.54. The number of hydrogen-bond acceptors (Lipinski definition) is 3. The minimum atomic E-state index is -0.268. The van der Waals surface area contributed by atoms with E-state index >= 15 is 0 Å². The number of aryl methyl sites for hydroxylation is 2. The Labute approximate surface area is 138 Å². The smallest absolute Gasteiger partial charge is 0.305 e. The van der Waals surface area contributed by atoms with Crippen LogP contribution in [-0.4, -0.2) is 37.0 Å². The van der Waals surface area contributed by atoms with Crippen LogP contribution in [0.4, 0.5) is 0 Å². The molecule has 124 valence electrons. The Morgan fingerprint density at radius 2 is 1.91 bits per heavy atom. The van der Waals surface area contributed by atoms with Gasteiger partial charge in [0.05, 0.1) is 7.11 Å². The number of carbonyl (C=O) groups excluding carboxylic acids is 2. The summed E-state index contributed by atoms with van der Waals surface area (Å²) in [5.74, 6) is -0.195. The molecule has 0 spiro atoms. The molecule has 1 aliphatic heterocycles. The zero-order chi connectivity index (χ0) is 16.7. The predicted molar refractivity (Wildman–Crippen MR) is 90.0 cm³/mol. The van der Waals surface area contributed by atoms with E-state index in [4.69, 9.17) is 0 Å². The lowest BCUT2D eigenvalue weighted by atomic mass is 10.1. The SMILES string of the molecule is COC(=O)CCC1=CCN(CCCCc2ccc(C)cc2)C1=O. The van der Waals surface area contributed by atoms with Gasteiger partial charge in [0.2, 0.25) is 5.91 Å². The first-order chi connectivity index (χ1) is 11.1. The van der Waals surface area contributed by atoms with E-state index < -0.39 is 0 Å². The second-order valence-electron chi connectivity index (χ2n) is 6.00. The van der Waals surface area contributed by atoms with Crippen LogP contribution in [0.1, 0.15) is 36.8 Å². The molecule has 4 heteroatoms. The molecule has 1 aliphatic rings. The lowest BCUT2D eigenvalue weighted by Crippen LogP contribution is -2.28. The number of benzene rings is 1. The van der Waals surface area contributed by atoms with Crippen LogP contribution in [0, 0.1) is 6.92 Å². The van der Waals surface area contributed by atoms with Crippen molar-refractivity contribution in [3.8, 4) is 0 Å². The molecular weight excluding hydrogens is 290 g/mol. The highest BCUT2D eigenvalue weighted by Gasteiger charge is 2.23. The summed E-state index contributed by atoms with van der Waals surface area (Å²) in [4.78, 5) is 25.2. The lowest BCUT2D eigenvalue weighted by molar-refractivity contribution is -0.140. The van der Waals surface area contributed by atoms with E-state index in [2.05, 4.69) is 35.9 Å². The fraction of sp³-hybridized carbons (Fsp3) is 0.474. The third kappa shape index (κ3) is 5.23. The molecule has 0 aliphatic carbocycles. The van der Waals surface area contributed by atoms with E-state index in [-0.39, 0.29) is 18.3 Å². The fourth-order valence-electron chi connectivity index (χ4n) is 2.72. The Morgan fingerprint density at radius 3 is 2.61 bits per heavy atom. The van der Waals surface area contributed by atoms with Gasteiger partial charge in [-0.25, -0.2) is 0 Å². The van der Waals surface area contributed by atoms with Crippen molar-refractivity contribution in [2.45, 2.75) is 39.0 Å². The zero-order valence-electron chi connectivity index (χ0n) is 14.0. The van der Waals surface area contributed by atoms with E-state index in [1.807, 2.05) is 11.0 Å². The fourth-order valence-corrected chi connectivity index (χ4v) is 2.72. The summed E-state index contributed by atoms with van der Waals surface area (Å²) in [6.07, 6.45) is 5.80. The van der Waals surface area contributed by atoms with Gasteiger partial charge in [0.25, 0.3) is 0 Å². The van der Waals surface area contributed by atoms with Gasteiger partial charge >= 0.3 is 5.97 Å². The van der Waals surface area contributed by atoms with Gasteiger partial charge in [-0.05, 0) is 38.2 Å². The quantitative estimate of drug-likeness (QED) is 0.547. The number of methoxy groups -OCH3 is 1. The summed E-state index contributed by atoms with van der Waals surface area (Å²) in [7, 11) is 1.37. The molecule has 0 bridgehead atoms. The normalized spacial score (nSPS) is 14.1. The molecule has 0 atom stereocenters. The largest absolute Gasteiger partial charge is 0.469 e. The van der Waals surface area contributed by atoms with Gasteiger partial charge in [0, 0.05) is 25.1 Å². The summed E-state index contributed by atoms with van der Waals surface area (Å²) < 4.78 is 4.61. The number of ether oxygens (including phenoxy) is 1. The number of carbonyl (C=O) groups is 2. The molecule has 2 rings (SSSR count). The van der Waals surface area contributed by atoms with Crippen LogP contribution >= 0.6 is 0 Å². The van der Waals surface area contributed by atoms with Gasteiger partial charge in [0.15, 0.2) is 0 Å². The van der Waals surface area contributed by atoms with Crippen molar-refractivity contribution in [3.05, 3.63) is 47.0 Å². The van der Waals surface area contributed by atoms with E-state index in [9.17, 15) is 9.59 Å². The molecule has 0 aromatic heterocycles. The van der Waals surface area contributed by atoms with Gasteiger partial charge in [-0.2, -0.15) is 0 Å². The van der Waals surface area contributed by atoms with Crippen LogP contribution in [0.25, 0.3) is 0 Å². The predicted octanol–water partition coefficient (Wildman–Crippen LogP) is 3.04. The maximum Gasteiger partial charge on any atom is 0.305 e. The molecule has 1 aromatic rings. The average Bonchev–Trinajstić information content (AvgIpc) is 2.91. The molecule has 0 saturated heterocycles. The van der Waals surface area contributed by atoms with E-state index in [1.165, 1.54) is 18.2 Å². The van der Waals surface area contributed by atoms with Crippen LogP contribution < -0.4 is 0 Å². The molecule has 0 radical (unpaired) electrons. The third-order valence-electron chi connectivity index (χ3n) is 4.21. The molecule has 4 nitrogen and oxygen atoms in total.